The highest BCUT2D eigenvalue weighted by Gasteiger charge is 2.11. The first-order valence-corrected chi connectivity index (χ1v) is 5.63. The molecule has 0 saturated heterocycles. The van der Waals surface area contributed by atoms with E-state index in [2.05, 4.69) is 0 Å². The highest BCUT2D eigenvalue weighted by atomic mass is 32.1. The summed E-state index contributed by atoms with van der Waals surface area (Å²) >= 11 is 1.65. The Kier molecular flexibility index (Phi) is 2.75. The van der Waals surface area contributed by atoms with Gasteiger partial charge < -0.3 is 10.8 Å². The lowest BCUT2D eigenvalue weighted by molar-refractivity contribution is 0.221. The van der Waals surface area contributed by atoms with Crippen molar-refractivity contribution in [2.75, 3.05) is 5.73 Å². The zero-order valence-electron chi connectivity index (χ0n) is 8.47. The van der Waals surface area contributed by atoms with Crippen molar-refractivity contribution in [2.24, 2.45) is 0 Å². The van der Waals surface area contributed by atoms with Crippen LogP contribution in [0.1, 0.15) is 22.1 Å². The predicted octanol–water partition coefficient (Wildman–Crippen LogP) is 2.72. The summed E-state index contributed by atoms with van der Waals surface area (Å²) in [5.41, 5.74) is 8.13. The molecule has 1 aromatic heterocycles. The molecule has 0 saturated carbocycles. The number of aryl methyl sites for hydroxylation is 1. The highest BCUT2D eigenvalue weighted by Crippen LogP contribution is 2.26. The molecule has 2 aromatic rings. The van der Waals surface area contributed by atoms with Gasteiger partial charge in [-0.3, -0.25) is 0 Å². The summed E-state index contributed by atoms with van der Waals surface area (Å²) in [7, 11) is 0. The fourth-order valence-electron chi connectivity index (χ4n) is 1.48. The quantitative estimate of drug-likeness (QED) is 0.763. The van der Waals surface area contributed by atoms with Crippen molar-refractivity contribution in [3.8, 4) is 0 Å². The van der Waals surface area contributed by atoms with Crippen molar-refractivity contribution in [3.63, 3.8) is 0 Å². The molecule has 0 radical (unpaired) electrons. The molecular formula is C12H13NOS. The van der Waals surface area contributed by atoms with E-state index < -0.39 is 6.10 Å². The van der Waals surface area contributed by atoms with Gasteiger partial charge in [-0.05, 0) is 41.6 Å². The highest BCUT2D eigenvalue weighted by molar-refractivity contribution is 7.10. The second-order valence-electron chi connectivity index (χ2n) is 3.56. The number of nitrogens with two attached hydrogens (primary N) is 1. The molecule has 0 aliphatic carbocycles. The molecule has 1 atom stereocenters. The van der Waals surface area contributed by atoms with Crippen LogP contribution >= 0.6 is 11.3 Å². The number of hydrogen-bond donors (Lipinski definition) is 2. The first-order chi connectivity index (χ1) is 7.16. The Hall–Kier alpha value is -1.32. The summed E-state index contributed by atoms with van der Waals surface area (Å²) in [5.74, 6) is 0. The molecule has 2 rings (SSSR count). The van der Waals surface area contributed by atoms with Crippen LogP contribution in [0, 0.1) is 6.92 Å². The van der Waals surface area contributed by atoms with Crippen LogP contribution in [-0.2, 0) is 0 Å². The van der Waals surface area contributed by atoms with Gasteiger partial charge in [-0.1, -0.05) is 12.1 Å². The maximum absolute atomic E-state index is 10.1. The molecule has 0 bridgehead atoms. The minimum atomic E-state index is -0.546. The first-order valence-electron chi connectivity index (χ1n) is 4.75. The van der Waals surface area contributed by atoms with Crippen molar-refractivity contribution in [2.45, 2.75) is 13.0 Å². The Labute approximate surface area is 93.0 Å². The van der Waals surface area contributed by atoms with Crippen molar-refractivity contribution >= 4 is 17.0 Å². The number of hydrogen-bond acceptors (Lipinski definition) is 3. The maximum Gasteiger partial charge on any atom is 0.105 e. The van der Waals surface area contributed by atoms with Gasteiger partial charge >= 0.3 is 0 Å². The summed E-state index contributed by atoms with van der Waals surface area (Å²) in [5, 5.41) is 12.0. The Balaban J connectivity index is 2.28. The number of nitrogen functional groups attached to an aromatic ring is 1. The lowest BCUT2D eigenvalue weighted by Gasteiger charge is -2.09. The van der Waals surface area contributed by atoms with Crippen LogP contribution in [0.2, 0.25) is 0 Å². The second-order valence-corrected chi connectivity index (χ2v) is 4.68. The van der Waals surface area contributed by atoms with Crippen LogP contribution < -0.4 is 5.73 Å². The fourth-order valence-corrected chi connectivity index (χ4v) is 2.20. The van der Waals surface area contributed by atoms with Crippen LogP contribution in [-0.4, -0.2) is 5.11 Å². The molecule has 2 nitrogen and oxygen atoms in total. The van der Waals surface area contributed by atoms with E-state index in [-0.39, 0.29) is 0 Å². The van der Waals surface area contributed by atoms with Gasteiger partial charge in [0.15, 0.2) is 0 Å². The number of rotatable bonds is 2. The molecular weight excluding hydrogens is 206 g/mol. The minimum absolute atomic E-state index is 0.546. The van der Waals surface area contributed by atoms with E-state index in [9.17, 15) is 5.11 Å². The van der Waals surface area contributed by atoms with E-state index in [1.807, 2.05) is 30.5 Å². The van der Waals surface area contributed by atoms with Gasteiger partial charge in [0, 0.05) is 10.6 Å². The van der Waals surface area contributed by atoms with Crippen LogP contribution in [0.15, 0.2) is 35.7 Å². The van der Waals surface area contributed by atoms with E-state index >= 15 is 0 Å². The summed E-state index contributed by atoms with van der Waals surface area (Å²) in [4.78, 5) is 1.21. The second kappa shape index (κ2) is 4.04. The first kappa shape index (κ1) is 10.2. The molecule has 0 spiro atoms. The monoisotopic (exact) mass is 219 g/mol. The third-order valence-corrected chi connectivity index (χ3v) is 3.20. The van der Waals surface area contributed by atoms with Crippen molar-refractivity contribution in [1.82, 2.24) is 0 Å². The lowest BCUT2D eigenvalue weighted by atomic mass is 10.0. The Bertz CT molecular complexity index is 447. The lowest BCUT2D eigenvalue weighted by Crippen LogP contribution is -1.98. The molecule has 0 fully saturated rings. The Morgan fingerprint density at radius 3 is 2.40 bits per heavy atom. The molecule has 15 heavy (non-hydrogen) atoms. The van der Waals surface area contributed by atoms with Crippen LogP contribution in [0.5, 0.6) is 0 Å². The van der Waals surface area contributed by atoms with E-state index in [0.29, 0.717) is 5.69 Å². The number of thiophene rings is 1. The van der Waals surface area contributed by atoms with Gasteiger partial charge in [-0.15, -0.1) is 11.3 Å². The number of aliphatic hydroxyl groups is 1. The minimum Gasteiger partial charge on any atom is -0.399 e. The zero-order chi connectivity index (χ0) is 10.8. The summed E-state index contributed by atoms with van der Waals surface area (Å²) < 4.78 is 0. The van der Waals surface area contributed by atoms with Crippen molar-refractivity contribution in [1.29, 1.82) is 0 Å². The maximum atomic E-state index is 10.1. The molecule has 1 aromatic carbocycles. The van der Waals surface area contributed by atoms with Gasteiger partial charge in [-0.2, -0.15) is 0 Å². The summed E-state index contributed by atoms with van der Waals surface area (Å²) in [6.07, 6.45) is -0.546. The topological polar surface area (TPSA) is 46.2 Å². The Morgan fingerprint density at radius 1 is 1.20 bits per heavy atom. The number of aliphatic hydroxyl groups excluding tert-OH is 1. The van der Waals surface area contributed by atoms with E-state index in [1.165, 1.54) is 4.88 Å². The SMILES string of the molecule is Cc1cc(C(O)c2ccc(N)cc2)cs1. The van der Waals surface area contributed by atoms with Gasteiger partial charge in [0.05, 0.1) is 0 Å². The van der Waals surface area contributed by atoms with E-state index in [0.717, 1.165) is 11.1 Å². The molecule has 0 aliphatic rings. The van der Waals surface area contributed by atoms with E-state index in [1.54, 1.807) is 23.5 Å². The molecule has 0 amide bonds. The fraction of sp³-hybridized carbons (Fsp3) is 0.167. The van der Waals surface area contributed by atoms with Crippen molar-refractivity contribution < 1.29 is 5.11 Å². The summed E-state index contributed by atoms with van der Waals surface area (Å²) in [6, 6.07) is 9.32. The number of benzene rings is 1. The van der Waals surface area contributed by atoms with Crippen LogP contribution in [0.3, 0.4) is 0 Å². The van der Waals surface area contributed by atoms with Gasteiger partial charge in [0.25, 0.3) is 0 Å². The largest absolute Gasteiger partial charge is 0.399 e. The van der Waals surface area contributed by atoms with Gasteiger partial charge in [0.2, 0.25) is 0 Å². The molecule has 78 valence electrons. The van der Waals surface area contributed by atoms with Crippen LogP contribution in [0.4, 0.5) is 5.69 Å². The zero-order valence-corrected chi connectivity index (χ0v) is 9.29. The van der Waals surface area contributed by atoms with Crippen LogP contribution in [0.25, 0.3) is 0 Å². The third kappa shape index (κ3) is 2.19. The van der Waals surface area contributed by atoms with Crippen molar-refractivity contribution in [3.05, 3.63) is 51.7 Å². The molecule has 0 aliphatic heterocycles. The predicted molar refractivity (Wildman–Crippen MR) is 64.0 cm³/mol. The molecule has 3 heteroatoms. The average molecular weight is 219 g/mol. The average Bonchev–Trinajstić information content (AvgIpc) is 2.65. The van der Waals surface area contributed by atoms with E-state index in [4.69, 9.17) is 5.73 Å². The molecule has 1 unspecified atom stereocenters. The normalized spacial score (nSPS) is 12.7. The molecule has 3 N–H and O–H groups in total. The third-order valence-electron chi connectivity index (χ3n) is 2.32. The molecule has 1 heterocycles. The standard InChI is InChI=1S/C12H13NOS/c1-8-6-10(7-15-8)12(14)9-2-4-11(13)5-3-9/h2-7,12,14H,13H2,1H3. The summed E-state index contributed by atoms with van der Waals surface area (Å²) in [6.45, 7) is 2.03. The van der Waals surface area contributed by atoms with Gasteiger partial charge in [0.1, 0.15) is 6.10 Å². The smallest absolute Gasteiger partial charge is 0.105 e. The number of anilines is 1. The Morgan fingerprint density at radius 2 is 1.87 bits per heavy atom. The van der Waals surface area contributed by atoms with Gasteiger partial charge in [-0.25, -0.2) is 0 Å².